The van der Waals surface area contributed by atoms with Crippen molar-refractivity contribution in [2.75, 3.05) is 24.7 Å². The van der Waals surface area contributed by atoms with Crippen molar-refractivity contribution in [2.24, 2.45) is 7.05 Å². The predicted molar refractivity (Wildman–Crippen MR) is 93.3 cm³/mol. The van der Waals surface area contributed by atoms with Gasteiger partial charge in [-0.2, -0.15) is 5.10 Å². The second-order valence-electron chi connectivity index (χ2n) is 6.56. The van der Waals surface area contributed by atoms with Gasteiger partial charge in [0.1, 0.15) is 0 Å². The Bertz CT molecular complexity index is 713. The number of nitrogens with zero attached hydrogens (tertiary/aromatic N) is 3. The Balaban J connectivity index is 2.02. The second-order valence-corrected chi connectivity index (χ2v) is 8.34. The standard InChI is InChI=1S/C15H27N5O3S/c1-10-14(11(2)19(4)17-10)16-15(21)12(3)20-8-6-7-13(9-20)18-24(5,22)23/h12-13,18H,6-9H2,1-5H3,(H,16,21)/t12-,13-/m0/s1. The van der Waals surface area contributed by atoms with Gasteiger partial charge in [-0.15, -0.1) is 0 Å². The van der Waals surface area contributed by atoms with Crippen molar-refractivity contribution in [1.29, 1.82) is 0 Å². The molecule has 0 bridgehead atoms. The van der Waals surface area contributed by atoms with Crippen LogP contribution < -0.4 is 10.0 Å². The minimum atomic E-state index is -3.24. The summed E-state index contributed by atoms with van der Waals surface area (Å²) < 4.78 is 27.2. The van der Waals surface area contributed by atoms with Crippen LogP contribution in [0.3, 0.4) is 0 Å². The number of carbonyl (C=O) groups excluding carboxylic acids is 1. The van der Waals surface area contributed by atoms with Gasteiger partial charge in [0.05, 0.1) is 29.4 Å². The SMILES string of the molecule is Cc1nn(C)c(C)c1NC(=O)[C@H](C)N1CCC[C@H](NS(C)(=O)=O)C1. The van der Waals surface area contributed by atoms with Crippen LogP contribution in [0.15, 0.2) is 0 Å². The third kappa shape index (κ3) is 4.55. The molecule has 1 amide bonds. The van der Waals surface area contributed by atoms with E-state index in [1.807, 2.05) is 32.7 Å². The van der Waals surface area contributed by atoms with Gasteiger partial charge in [-0.05, 0) is 40.2 Å². The zero-order valence-corrected chi connectivity index (χ0v) is 15.8. The average molecular weight is 357 g/mol. The molecule has 0 unspecified atom stereocenters. The number of aryl methyl sites for hydroxylation is 2. The van der Waals surface area contributed by atoms with E-state index in [0.29, 0.717) is 6.54 Å². The molecule has 1 aliphatic rings. The Morgan fingerprint density at radius 2 is 2.04 bits per heavy atom. The lowest BCUT2D eigenvalue weighted by molar-refractivity contribution is -0.121. The number of hydrogen-bond acceptors (Lipinski definition) is 5. The van der Waals surface area contributed by atoms with Crippen molar-refractivity contribution in [3.63, 3.8) is 0 Å². The minimum absolute atomic E-state index is 0.103. The molecule has 2 rings (SSSR count). The van der Waals surface area contributed by atoms with Crippen LogP contribution in [-0.2, 0) is 21.9 Å². The Morgan fingerprint density at radius 3 is 2.58 bits per heavy atom. The lowest BCUT2D eigenvalue weighted by Gasteiger charge is -2.36. The molecule has 136 valence electrons. The molecule has 1 fully saturated rings. The summed E-state index contributed by atoms with van der Waals surface area (Å²) >= 11 is 0. The average Bonchev–Trinajstić information content (AvgIpc) is 2.71. The molecule has 24 heavy (non-hydrogen) atoms. The molecule has 2 heterocycles. The normalized spacial score (nSPS) is 20.8. The molecule has 0 radical (unpaired) electrons. The molecule has 9 heteroatoms. The van der Waals surface area contributed by atoms with Gasteiger partial charge in [-0.25, -0.2) is 13.1 Å². The predicted octanol–water partition coefficient (Wildman–Crippen LogP) is 0.378. The topological polar surface area (TPSA) is 96.3 Å². The number of nitrogens with one attached hydrogen (secondary N) is 2. The summed E-state index contributed by atoms with van der Waals surface area (Å²) in [4.78, 5) is 14.6. The van der Waals surface area contributed by atoms with Crippen LogP contribution in [0.1, 0.15) is 31.2 Å². The summed E-state index contributed by atoms with van der Waals surface area (Å²) in [5, 5.41) is 7.26. The van der Waals surface area contributed by atoms with Crippen molar-refractivity contribution in [3.05, 3.63) is 11.4 Å². The molecule has 0 aliphatic carbocycles. The van der Waals surface area contributed by atoms with Gasteiger partial charge in [0, 0.05) is 19.6 Å². The number of amides is 1. The fourth-order valence-electron chi connectivity index (χ4n) is 3.11. The molecule has 1 aliphatic heterocycles. The molecule has 0 saturated carbocycles. The number of likely N-dealkylation sites (tertiary alicyclic amines) is 1. The molecule has 0 spiro atoms. The van der Waals surface area contributed by atoms with Crippen molar-refractivity contribution in [2.45, 2.75) is 45.7 Å². The smallest absolute Gasteiger partial charge is 0.241 e. The Morgan fingerprint density at radius 1 is 1.38 bits per heavy atom. The fraction of sp³-hybridized carbons (Fsp3) is 0.733. The maximum absolute atomic E-state index is 12.6. The Hall–Kier alpha value is -1.45. The number of sulfonamides is 1. The van der Waals surface area contributed by atoms with Gasteiger partial charge in [-0.3, -0.25) is 14.4 Å². The van der Waals surface area contributed by atoms with E-state index in [1.54, 1.807) is 4.68 Å². The summed E-state index contributed by atoms with van der Waals surface area (Å²) in [7, 11) is -1.40. The van der Waals surface area contributed by atoms with Gasteiger partial charge in [-0.1, -0.05) is 0 Å². The first kappa shape index (κ1) is 18.9. The Labute approximate surface area is 143 Å². The molecule has 1 saturated heterocycles. The highest BCUT2D eigenvalue weighted by molar-refractivity contribution is 7.88. The van der Waals surface area contributed by atoms with Gasteiger partial charge in [0.15, 0.2) is 0 Å². The zero-order valence-electron chi connectivity index (χ0n) is 15.0. The van der Waals surface area contributed by atoms with E-state index in [4.69, 9.17) is 0 Å². The number of hydrogen-bond donors (Lipinski definition) is 2. The first-order chi connectivity index (χ1) is 11.1. The lowest BCUT2D eigenvalue weighted by Crippen LogP contribution is -2.52. The highest BCUT2D eigenvalue weighted by Crippen LogP contribution is 2.20. The van der Waals surface area contributed by atoms with E-state index in [9.17, 15) is 13.2 Å². The second kappa shape index (κ2) is 7.20. The quantitative estimate of drug-likeness (QED) is 0.794. The van der Waals surface area contributed by atoms with Crippen LogP contribution in [0.2, 0.25) is 0 Å². The Kier molecular flexibility index (Phi) is 5.67. The molecule has 1 aromatic heterocycles. The maximum Gasteiger partial charge on any atom is 0.241 e. The van der Waals surface area contributed by atoms with Gasteiger partial charge in [0.25, 0.3) is 0 Å². The summed E-state index contributed by atoms with van der Waals surface area (Å²) in [5.74, 6) is -0.103. The van der Waals surface area contributed by atoms with Gasteiger partial charge < -0.3 is 5.32 Å². The summed E-state index contributed by atoms with van der Waals surface area (Å²) in [6.45, 7) is 6.93. The van der Waals surface area contributed by atoms with Crippen LogP contribution >= 0.6 is 0 Å². The van der Waals surface area contributed by atoms with Crippen molar-refractivity contribution >= 4 is 21.6 Å². The highest BCUT2D eigenvalue weighted by Gasteiger charge is 2.29. The number of anilines is 1. The first-order valence-corrected chi connectivity index (χ1v) is 10.00. The van der Waals surface area contributed by atoms with E-state index in [0.717, 1.165) is 42.7 Å². The third-order valence-electron chi connectivity index (χ3n) is 4.52. The van der Waals surface area contributed by atoms with E-state index in [2.05, 4.69) is 15.1 Å². The van der Waals surface area contributed by atoms with Crippen molar-refractivity contribution < 1.29 is 13.2 Å². The van der Waals surface area contributed by atoms with Gasteiger partial charge in [0.2, 0.25) is 15.9 Å². The number of aromatic nitrogens is 2. The van der Waals surface area contributed by atoms with E-state index >= 15 is 0 Å². The molecule has 1 aromatic rings. The summed E-state index contributed by atoms with van der Waals surface area (Å²) in [5.41, 5.74) is 2.44. The third-order valence-corrected chi connectivity index (χ3v) is 5.28. The monoisotopic (exact) mass is 357 g/mol. The van der Waals surface area contributed by atoms with Crippen LogP contribution in [0.5, 0.6) is 0 Å². The maximum atomic E-state index is 12.6. The molecule has 2 N–H and O–H groups in total. The summed E-state index contributed by atoms with van der Waals surface area (Å²) in [6, 6.07) is -0.487. The molecule has 8 nitrogen and oxygen atoms in total. The van der Waals surface area contributed by atoms with Crippen molar-refractivity contribution in [1.82, 2.24) is 19.4 Å². The molecule has 0 aromatic carbocycles. The van der Waals surface area contributed by atoms with Crippen LogP contribution in [-0.4, -0.2) is 60.4 Å². The van der Waals surface area contributed by atoms with Crippen LogP contribution in [0, 0.1) is 13.8 Å². The molecular weight excluding hydrogens is 330 g/mol. The molecular formula is C15H27N5O3S. The van der Waals surface area contributed by atoms with E-state index in [1.165, 1.54) is 0 Å². The minimum Gasteiger partial charge on any atom is -0.322 e. The van der Waals surface area contributed by atoms with Gasteiger partial charge >= 0.3 is 0 Å². The van der Waals surface area contributed by atoms with E-state index < -0.39 is 10.0 Å². The van der Waals surface area contributed by atoms with Crippen molar-refractivity contribution in [3.8, 4) is 0 Å². The van der Waals surface area contributed by atoms with Crippen LogP contribution in [0.4, 0.5) is 5.69 Å². The van der Waals surface area contributed by atoms with Crippen LogP contribution in [0.25, 0.3) is 0 Å². The molecule has 2 atom stereocenters. The zero-order chi connectivity index (χ0) is 18.1. The lowest BCUT2D eigenvalue weighted by atomic mass is 10.0. The largest absolute Gasteiger partial charge is 0.322 e. The highest BCUT2D eigenvalue weighted by atomic mass is 32.2. The fourth-order valence-corrected chi connectivity index (χ4v) is 3.90. The van der Waals surface area contributed by atoms with E-state index in [-0.39, 0.29) is 18.0 Å². The number of carbonyl (C=O) groups is 1. The number of piperidine rings is 1. The number of rotatable bonds is 5. The summed E-state index contributed by atoms with van der Waals surface area (Å²) in [6.07, 6.45) is 2.81. The first-order valence-electron chi connectivity index (χ1n) is 8.11.